The second-order valence-electron chi connectivity index (χ2n) is 6.06. The van der Waals surface area contributed by atoms with Crippen molar-refractivity contribution in [3.05, 3.63) is 22.2 Å². The van der Waals surface area contributed by atoms with Crippen LogP contribution in [-0.2, 0) is 0 Å². The number of H-pyrrole nitrogens is 1. The van der Waals surface area contributed by atoms with Crippen LogP contribution in [0.5, 0.6) is 0 Å². The molecule has 0 aromatic carbocycles. The molecule has 1 heterocycles. The summed E-state index contributed by atoms with van der Waals surface area (Å²) in [6.45, 7) is 4.04. The molecule has 1 aromatic heterocycles. The number of aromatic amines is 1. The lowest BCUT2D eigenvalue weighted by Crippen LogP contribution is -2.57. The number of aromatic nitrogens is 2. The number of aliphatic hydroxyl groups is 1. The second-order valence-corrected chi connectivity index (χ2v) is 6.06. The first-order valence-corrected chi connectivity index (χ1v) is 6.52. The van der Waals surface area contributed by atoms with Crippen molar-refractivity contribution in [3.8, 4) is 0 Å². The van der Waals surface area contributed by atoms with E-state index in [9.17, 15) is 9.90 Å². The van der Waals surface area contributed by atoms with Crippen molar-refractivity contribution in [2.45, 2.75) is 51.2 Å². The van der Waals surface area contributed by atoms with Crippen LogP contribution in [0.4, 0.5) is 5.82 Å². The Labute approximate surface area is 106 Å². The van der Waals surface area contributed by atoms with Gasteiger partial charge in [-0.1, -0.05) is 13.8 Å². The molecule has 0 bridgehead atoms. The van der Waals surface area contributed by atoms with Crippen LogP contribution < -0.4 is 10.9 Å². The molecule has 0 spiro atoms. The Morgan fingerprint density at radius 3 is 2.78 bits per heavy atom. The van der Waals surface area contributed by atoms with Crippen LogP contribution >= 0.6 is 0 Å². The molecule has 18 heavy (non-hydrogen) atoms. The summed E-state index contributed by atoms with van der Waals surface area (Å²) in [4.78, 5) is 18.8. The molecule has 5 nitrogen and oxygen atoms in total. The topological polar surface area (TPSA) is 78.0 Å². The maximum absolute atomic E-state index is 11.6. The van der Waals surface area contributed by atoms with E-state index in [2.05, 4.69) is 15.3 Å². The number of aliphatic hydroxyl groups excluding tert-OH is 1. The lowest BCUT2D eigenvalue weighted by molar-refractivity contribution is -0.0511. The van der Waals surface area contributed by atoms with Crippen LogP contribution in [0.1, 0.15) is 44.9 Å². The molecule has 0 saturated heterocycles. The van der Waals surface area contributed by atoms with Gasteiger partial charge in [0.1, 0.15) is 11.6 Å². The number of hydrogen-bond donors (Lipinski definition) is 3. The number of rotatable bonds is 3. The van der Waals surface area contributed by atoms with Gasteiger partial charge >= 0.3 is 0 Å². The summed E-state index contributed by atoms with van der Waals surface area (Å²) in [6.07, 6.45) is 2.65. The molecule has 2 atom stereocenters. The highest BCUT2D eigenvalue weighted by atomic mass is 16.3. The third-order valence-electron chi connectivity index (χ3n) is 4.26. The minimum absolute atomic E-state index is 0.105. The van der Waals surface area contributed by atoms with E-state index in [1.54, 1.807) is 0 Å². The van der Waals surface area contributed by atoms with Crippen molar-refractivity contribution >= 4 is 5.82 Å². The predicted molar refractivity (Wildman–Crippen MR) is 68.6 cm³/mol. The summed E-state index contributed by atoms with van der Waals surface area (Å²) in [5, 5.41) is 13.0. The van der Waals surface area contributed by atoms with Gasteiger partial charge in [-0.3, -0.25) is 4.79 Å². The highest BCUT2D eigenvalue weighted by Crippen LogP contribution is 2.42. The zero-order chi connectivity index (χ0) is 12.9. The zero-order valence-electron chi connectivity index (χ0n) is 10.7. The maximum atomic E-state index is 11.6. The fraction of sp³-hybridized carbons (Fsp3) is 0.692. The largest absolute Gasteiger partial charge is 0.392 e. The monoisotopic (exact) mass is 249 g/mol. The average molecular weight is 249 g/mol. The summed E-state index contributed by atoms with van der Waals surface area (Å²) in [6, 6.07) is 1.67. The van der Waals surface area contributed by atoms with Gasteiger partial charge in [0.05, 0.1) is 6.10 Å². The van der Waals surface area contributed by atoms with Gasteiger partial charge in [0, 0.05) is 23.4 Å². The van der Waals surface area contributed by atoms with Gasteiger partial charge in [-0.2, -0.15) is 0 Å². The molecule has 98 valence electrons. The lowest BCUT2D eigenvalue weighted by Gasteiger charge is -2.49. The fourth-order valence-corrected chi connectivity index (χ4v) is 2.43. The maximum Gasteiger partial charge on any atom is 0.252 e. The first kappa shape index (κ1) is 11.7. The number of hydrogen-bond acceptors (Lipinski definition) is 4. The smallest absolute Gasteiger partial charge is 0.252 e. The molecule has 2 unspecified atom stereocenters. The Bertz CT molecular complexity index is 519. The van der Waals surface area contributed by atoms with Crippen molar-refractivity contribution < 1.29 is 5.11 Å². The van der Waals surface area contributed by atoms with Crippen molar-refractivity contribution in [1.29, 1.82) is 0 Å². The van der Waals surface area contributed by atoms with Gasteiger partial charge in [-0.15, -0.1) is 0 Å². The minimum atomic E-state index is -0.278. The Balaban J connectivity index is 1.79. The Kier molecular flexibility index (Phi) is 2.48. The van der Waals surface area contributed by atoms with Crippen molar-refractivity contribution in [2.75, 3.05) is 5.32 Å². The van der Waals surface area contributed by atoms with Crippen LogP contribution in [0, 0.1) is 5.41 Å². The molecule has 0 aliphatic heterocycles. The quantitative estimate of drug-likeness (QED) is 0.752. The normalized spacial score (nSPS) is 29.7. The SMILES string of the molecule is CC1(C)C(O)CC1Nc1cc(=O)[nH]c(C2CC2)n1. The highest BCUT2D eigenvalue weighted by molar-refractivity contribution is 5.37. The van der Waals surface area contributed by atoms with E-state index in [1.807, 2.05) is 13.8 Å². The molecule has 2 fully saturated rings. The molecular formula is C13H19N3O2. The highest BCUT2D eigenvalue weighted by Gasteiger charge is 2.47. The van der Waals surface area contributed by atoms with Gasteiger partial charge in [0.15, 0.2) is 0 Å². The van der Waals surface area contributed by atoms with Gasteiger partial charge in [-0.25, -0.2) is 4.98 Å². The Hall–Kier alpha value is -1.36. The predicted octanol–water partition coefficient (Wildman–Crippen LogP) is 1.22. The first-order chi connectivity index (χ1) is 8.46. The molecule has 5 heteroatoms. The number of anilines is 1. The summed E-state index contributed by atoms with van der Waals surface area (Å²) in [7, 11) is 0. The lowest BCUT2D eigenvalue weighted by atomic mass is 9.64. The van der Waals surface area contributed by atoms with E-state index in [4.69, 9.17) is 0 Å². The van der Waals surface area contributed by atoms with Crippen molar-refractivity contribution in [1.82, 2.24) is 9.97 Å². The molecule has 0 radical (unpaired) electrons. The van der Waals surface area contributed by atoms with E-state index in [0.29, 0.717) is 18.2 Å². The second kappa shape index (κ2) is 3.82. The van der Waals surface area contributed by atoms with Crippen LogP contribution in [-0.4, -0.2) is 27.2 Å². The fourth-order valence-electron chi connectivity index (χ4n) is 2.43. The standard InChI is InChI=1S/C13H19N3O2/c1-13(2)8(5-9(13)17)14-10-6-11(18)16-12(15-10)7-3-4-7/h6-9,17H,3-5H2,1-2H3,(H2,14,15,16,18). The molecule has 0 amide bonds. The van der Waals surface area contributed by atoms with E-state index < -0.39 is 0 Å². The zero-order valence-corrected chi connectivity index (χ0v) is 10.7. The van der Waals surface area contributed by atoms with Gasteiger partial charge in [0.25, 0.3) is 5.56 Å². The minimum Gasteiger partial charge on any atom is -0.392 e. The molecule has 3 rings (SSSR count). The van der Waals surface area contributed by atoms with E-state index in [1.165, 1.54) is 6.07 Å². The van der Waals surface area contributed by atoms with Gasteiger partial charge in [0.2, 0.25) is 0 Å². The molecule has 3 N–H and O–H groups in total. The third-order valence-corrected chi connectivity index (χ3v) is 4.26. The Morgan fingerprint density at radius 2 is 2.22 bits per heavy atom. The number of nitrogens with one attached hydrogen (secondary N) is 2. The summed E-state index contributed by atoms with van der Waals surface area (Å²) in [5.41, 5.74) is -0.267. The van der Waals surface area contributed by atoms with Gasteiger partial charge in [-0.05, 0) is 19.3 Å². The molecule has 2 aliphatic carbocycles. The van der Waals surface area contributed by atoms with Crippen molar-refractivity contribution in [3.63, 3.8) is 0 Å². The van der Waals surface area contributed by atoms with E-state index >= 15 is 0 Å². The van der Waals surface area contributed by atoms with Crippen LogP contribution in [0.15, 0.2) is 10.9 Å². The first-order valence-electron chi connectivity index (χ1n) is 6.52. The van der Waals surface area contributed by atoms with Crippen LogP contribution in [0.25, 0.3) is 0 Å². The van der Waals surface area contributed by atoms with E-state index in [0.717, 1.165) is 18.7 Å². The summed E-state index contributed by atoms with van der Waals surface area (Å²) in [5.74, 6) is 1.85. The molecule has 2 aliphatic rings. The van der Waals surface area contributed by atoms with Crippen molar-refractivity contribution in [2.24, 2.45) is 5.41 Å². The van der Waals surface area contributed by atoms with Crippen LogP contribution in [0.3, 0.4) is 0 Å². The Morgan fingerprint density at radius 1 is 1.50 bits per heavy atom. The average Bonchev–Trinajstić information content (AvgIpc) is 3.11. The van der Waals surface area contributed by atoms with E-state index in [-0.39, 0.29) is 23.1 Å². The summed E-state index contributed by atoms with van der Waals surface area (Å²) >= 11 is 0. The van der Waals surface area contributed by atoms with Gasteiger partial charge < -0.3 is 15.4 Å². The third kappa shape index (κ3) is 1.92. The molecular weight excluding hydrogens is 230 g/mol. The number of nitrogens with zero attached hydrogens (tertiary/aromatic N) is 1. The van der Waals surface area contributed by atoms with Crippen LogP contribution in [0.2, 0.25) is 0 Å². The molecule has 1 aromatic rings. The summed E-state index contributed by atoms with van der Waals surface area (Å²) < 4.78 is 0. The molecule has 2 saturated carbocycles.